The lowest BCUT2D eigenvalue weighted by Crippen LogP contribution is -2.19. The lowest BCUT2D eigenvalue weighted by Gasteiger charge is -2.18. The Kier molecular flexibility index (Phi) is 3.48. The van der Waals surface area contributed by atoms with Crippen LogP contribution in [0.5, 0.6) is 0 Å². The lowest BCUT2D eigenvalue weighted by molar-refractivity contribution is 0.894. The molecule has 96 valence electrons. The Morgan fingerprint density at radius 1 is 1.26 bits per heavy atom. The minimum absolute atomic E-state index is 0.146. The number of benzene rings is 1. The summed E-state index contributed by atoms with van der Waals surface area (Å²) in [4.78, 5) is 9.84. The molecule has 0 saturated heterocycles. The topological polar surface area (TPSA) is 105 Å². The van der Waals surface area contributed by atoms with Crippen LogP contribution in [0.4, 0.5) is 17.6 Å². The van der Waals surface area contributed by atoms with Crippen molar-refractivity contribution in [2.45, 2.75) is 6.54 Å². The molecule has 19 heavy (non-hydrogen) atoms. The molecule has 0 aliphatic carbocycles. The summed E-state index contributed by atoms with van der Waals surface area (Å²) in [6, 6.07) is 11.2. The number of nitrogen functional groups attached to an aromatic ring is 2. The molecule has 6 nitrogen and oxygen atoms in total. The third-order valence-electron chi connectivity index (χ3n) is 2.62. The lowest BCUT2D eigenvalue weighted by atomic mass is 10.1. The van der Waals surface area contributed by atoms with E-state index in [0.717, 1.165) is 5.56 Å². The van der Waals surface area contributed by atoms with Crippen molar-refractivity contribution >= 4 is 17.6 Å². The van der Waals surface area contributed by atoms with Crippen LogP contribution in [-0.2, 0) is 6.54 Å². The van der Waals surface area contributed by atoms with Crippen molar-refractivity contribution in [1.29, 1.82) is 5.26 Å². The van der Waals surface area contributed by atoms with E-state index in [1.165, 1.54) is 0 Å². The predicted molar refractivity (Wildman–Crippen MR) is 74.1 cm³/mol. The Morgan fingerprint density at radius 3 is 2.74 bits per heavy atom. The van der Waals surface area contributed by atoms with Gasteiger partial charge in [-0.05, 0) is 17.7 Å². The van der Waals surface area contributed by atoms with Crippen LogP contribution >= 0.6 is 0 Å². The van der Waals surface area contributed by atoms with E-state index in [-0.39, 0.29) is 5.95 Å². The van der Waals surface area contributed by atoms with Crippen LogP contribution in [0.3, 0.4) is 0 Å². The molecule has 0 fully saturated rings. The van der Waals surface area contributed by atoms with Gasteiger partial charge in [0.25, 0.3) is 0 Å². The van der Waals surface area contributed by atoms with E-state index in [9.17, 15) is 0 Å². The Labute approximate surface area is 111 Å². The predicted octanol–water partition coefficient (Wildman–Crippen LogP) is 1.15. The number of anilines is 3. The minimum Gasteiger partial charge on any atom is -0.383 e. The zero-order valence-electron chi connectivity index (χ0n) is 10.5. The van der Waals surface area contributed by atoms with Crippen LogP contribution in [0, 0.1) is 11.3 Å². The molecule has 0 amide bonds. The molecular weight excluding hydrogens is 240 g/mol. The van der Waals surface area contributed by atoms with Gasteiger partial charge in [0.15, 0.2) is 0 Å². The van der Waals surface area contributed by atoms with E-state index < -0.39 is 0 Å². The van der Waals surface area contributed by atoms with Crippen molar-refractivity contribution in [2.24, 2.45) is 0 Å². The SMILES string of the molecule is CN(Cc1cccc(C#N)c1)c1cc(N)nc(N)n1. The maximum absolute atomic E-state index is 8.87. The molecule has 0 spiro atoms. The monoisotopic (exact) mass is 254 g/mol. The summed E-state index contributed by atoms with van der Waals surface area (Å²) < 4.78 is 0. The van der Waals surface area contributed by atoms with Crippen LogP contribution in [0.2, 0.25) is 0 Å². The Hall–Kier alpha value is -2.81. The summed E-state index contributed by atoms with van der Waals surface area (Å²) in [5.74, 6) is 1.13. The van der Waals surface area contributed by atoms with Gasteiger partial charge in [0.2, 0.25) is 5.95 Å². The maximum atomic E-state index is 8.87. The van der Waals surface area contributed by atoms with E-state index >= 15 is 0 Å². The van der Waals surface area contributed by atoms with Crippen molar-refractivity contribution in [2.75, 3.05) is 23.4 Å². The molecule has 4 N–H and O–H groups in total. The van der Waals surface area contributed by atoms with Crippen molar-refractivity contribution < 1.29 is 0 Å². The minimum atomic E-state index is 0.146. The van der Waals surface area contributed by atoms with Crippen molar-refractivity contribution in [3.8, 4) is 6.07 Å². The van der Waals surface area contributed by atoms with Crippen LogP contribution in [-0.4, -0.2) is 17.0 Å². The maximum Gasteiger partial charge on any atom is 0.223 e. The highest BCUT2D eigenvalue weighted by Gasteiger charge is 2.07. The second kappa shape index (κ2) is 5.23. The largest absolute Gasteiger partial charge is 0.383 e. The van der Waals surface area contributed by atoms with Crippen molar-refractivity contribution in [3.05, 3.63) is 41.5 Å². The number of hydrogen-bond donors (Lipinski definition) is 2. The third-order valence-corrected chi connectivity index (χ3v) is 2.62. The van der Waals surface area contributed by atoms with Crippen LogP contribution in [0.25, 0.3) is 0 Å². The highest BCUT2D eigenvalue weighted by molar-refractivity contribution is 5.50. The molecule has 1 heterocycles. The number of nitriles is 1. The Bertz CT molecular complexity index is 611. The van der Waals surface area contributed by atoms with Gasteiger partial charge in [0.05, 0.1) is 11.6 Å². The standard InChI is InChI=1S/C13H14N6/c1-19(12-6-11(15)17-13(16)18-12)8-10-4-2-3-9(5-10)7-14/h2-6H,8H2,1H3,(H4,15,16,17,18). The first-order chi connectivity index (χ1) is 9.08. The van der Waals surface area contributed by atoms with Gasteiger partial charge in [-0.15, -0.1) is 0 Å². The van der Waals surface area contributed by atoms with E-state index in [4.69, 9.17) is 16.7 Å². The molecule has 1 aromatic heterocycles. The number of aromatic nitrogens is 2. The van der Waals surface area contributed by atoms with Gasteiger partial charge in [0, 0.05) is 19.7 Å². The number of nitrogens with zero attached hydrogens (tertiary/aromatic N) is 4. The van der Waals surface area contributed by atoms with Crippen molar-refractivity contribution in [3.63, 3.8) is 0 Å². The van der Waals surface area contributed by atoms with Crippen LogP contribution < -0.4 is 16.4 Å². The van der Waals surface area contributed by atoms with Gasteiger partial charge in [-0.1, -0.05) is 12.1 Å². The fraction of sp³-hybridized carbons (Fsp3) is 0.154. The van der Waals surface area contributed by atoms with Crippen molar-refractivity contribution in [1.82, 2.24) is 9.97 Å². The summed E-state index contributed by atoms with van der Waals surface area (Å²) >= 11 is 0. The average Bonchev–Trinajstić information content (AvgIpc) is 2.37. The summed E-state index contributed by atoms with van der Waals surface area (Å²) in [7, 11) is 1.88. The molecule has 0 radical (unpaired) electrons. The average molecular weight is 254 g/mol. The smallest absolute Gasteiger partial charge is 0.223 e. The summed E-state index contributed by atoms with van der Waals surface area (Å²) in [6.07, 6.45) is 0. The quantitative estimate of drug-likeness (QED) is 0.851. The second-order valence-electron chi connectivity index (χ2n) is 4.18. The first-order valence-corrected chi connectivity index (χ1v) is 5.68. The fourth-order valence-electron chi connectivity index (χ4n) is 1.76. The van der Waals surface area contributed by atoms with E-state index in [1.807, 2.05) is 30.1 Å². The molecule has 2 aromatic rings. The highest BCUT2D eigenvalue weighted by atomic mass is 15.2. The number of rotatable bonds is 3. The van der Waals surface area contributed by atoms with E-state index in [0.29, 0.717) is 23.7 Å². The zero-order valence-corrected chi connectivity index (χ0v) is 10.5. The molecule has 2 rings (SSSR count). The summed E-state index contributed by atoms with van der Waals surface area (Å²) in [6.45, 7) is 0.603. The normalized spacial score (nSPS) is 9.89. The number of hydrogen-bond acceptors (Lipinski definition) is 6. The van der Waals surface area contributed by atoms with Gasteiger partial charge < -0.3 is 16.4 Å². The van der Waals surface area contributed by atoms with Gasteiger partial charge >= 0.3 is 0 Å². The van der Waals surface area contributed by atoms with E-state index in [1.54, 1.807) is 12.1 Å². The summed E-state index contributed by atoms with van der Waals surface area (Å²) in [5, 5.41) is 8.87. The molecule has 0 unspecified atom stereocenters. The molecule has 0 saturated carbocycles. The third kappa shape index (κ3) is 3.10. The van der Waals surface area contributed by atoms with E-state index in [2.05, 4.69) is 16.0 Å². The second-order valence-corrected chi connectivity index (χ2v) is 4.18. The van der Waals surface area contributed by atoms with Gasteiger partial charge in [0.1, 0.15) is 11.6 Å². The molecule has 0 atom stereocenters. The molecule has 0 bridgehead atoms. The fourth-order valence-corrected chi connectivity index (χ4v) is 1.76. The number of nitrogens with two attached hydrogens (primary N) is 2. The molecule has 6 heteroatoms. The van der Waals surface area contributed by atoms with Gasteiger partial charge in [-0.2, -0.15) is 15.2 Å². The van der Waals surface area contributed by atoms with Gasteiger partial charge in [-0.3, -0.25) is 0 Å². The van der Waals surface area contributed by atoms with Crippen LogP contribution in [0.1, 0.15) is 11.1 Å². The molecule has 0 aliphatic rings. The molecule has 1 aromatic carbocycles. The van der Waals surface area contributed by atoms with Crippen LogP contribution in [0.15, 0.2) is 30.3 Å². The highest BCUT2D eigenvalue weighted by Crippen LogP contribution is 2.16. The Morgan fingerprint density at radius 2 is 2.05 bits per heavy atom. The summed E-state index contributed by atoms with van der Waals surface area (Å²) in [5.41, 5.74) is 12.8. The zero-order chi connectivity index (χ0) is 13.8. The first kappa shape index (κ1) is 12.6. The van der Waals surface area contributed by atoms with Gasteiger partial charge in [-0.25, -0.2) is 0 Å². The molecule has 0 aliphatic heterocycles. The Balaban J connectivity index is 2.20. The molecular formula is C13H14N6. The first-order valence-electron chi connectivity index (χ1n) is 5.68.